The van der Waals surface area contributed by atoms with Crippen molar-refractivity contribution in [2.45, 2.75) is 26.2 Å². The molecule has 0 aliphatic heterocycles. The molecule has 0 unspecified atom stereocenters. The summed E-state index contributed by atoms with van der Waals surface area (Å²) in [6, 6.07) is 6.43. The van der Waals surface area contributed by atoms with Crippen LogP contribution in [0.3, 0.4) is 0 Å². The van der Waals surface area contributed by atoms with Crippen molar-refractivity contribution >= 4 is 23.4 Å². The second-order valence-corrected chi connectivity index (χ2v) is 4.05. The highest BCUT2D eigenvalue weighted by molar-refractivity contribution is 6.30. The highest BCUT2D eigenvalue weighted by atomic mass is 35.5. The number of hydrogen-bond donors (Lipinski definition) is 2. The van der Waals surface area contributed by atoms with E-state index in [4.69, 9.17) is 11.6 Å². The van der Waals surface area contributed by atoms with E-state index in [0.717, 1.165) is 12.8 Å². The smallest absolute Gasteiger partial charge is 0.269 e. The standard InChI is InChI=1S/C12H15ClN2O2/c1-2-3-4-11(16)14-15-12(17)9-5-7-10(13)8-6-9/h5-8H,2-4H2,1H3,(H,14,16)(H,15,17). The first-order chi connectivity index (χ1) is 8.13. The topological polar surface area (TPSA) is 58.2 Å². The molecule has 0 atom stereocenters. The van der Waals surface area contributed by atoms with Gasteiger partial charge in [-0.1, -0.05) is 24.9 Å². The molecular weight excluding hydrogens is 240 g/mol. The van der Waals surface area contributed by atoms with Gasteiger partial charge in [-0.15, -0.1) is 0 Å². The van der Waals surface area contributed by atoms with Gasteiger partial charge in [-0.2, -0.15) is 0 Å². The Labute approximate surface area is 105 Å². The third kappa shape index (κ3) is 4.87. The lowest BCUT2D eigenvalue weighted by atomic mass is 10.2. The van der Waals surface area contributed by atoms with Crippen molar-refractivity contribution in [2.75, 3.05) is 0 Å². The second-order valence-electron chi connectivity index (χ2n) is 3.61. The number of benzene rings is 1. The maximum atomic E-state index is 11.6. The van der Waals surface area contributed by atoms with Crippen LogP contribution in [0.2, 0.25) is 5.02 Å². The molecule has 1 rings (SSSR count). The van der Waals surface area contributed by atoms with Crippen molar-refractivity contribution in [3.63, 3.8) is 0 Å². The molecule has 5 heteroatoms. The predicted octanol–water partition coefficient (Wildman–Crippen LogP) is 2.29. The summed E-state index contributed by atoms with van der Waals surface area (Å²) < 4.78 is 0. The van der Waals surface area contributed by atoms with Crippen LogP contribution in [0, 0.1) is 0 Å². The first kappa shape index (κ1) is 13.5. The zero-order chi connectivity index (χ0) is 12.7. The van der Waals surface area contributed by atoms with Gasteiger partial charge in [-0.3, -0.25) is 20.4 Å². The summed E-state index contributed by atoms with van der Waals surface area (Å²) in [5.74, 6) is -0.541. The summed E-state index contributed by atoms with van der Waals surface area (Å²) in [6.07, 6.45) is 2.17. The van der Waals surface area contributed by atoms with E-state index >= 15 is 0 Å². The van der Waals surface area contributed by atoms with Gasteiger partial charge in [0.15, 0.2) is 0 Å². The summed E-state index contributed by atoms with van der Waals surface area (Å²) in [6.45, 7) is 2.00. The molecule has 0 aliphatic carbocycles. The summed E-state index contributed by atoms with van der Waals surface area (Å²) in [7, 11) is 0. The van der Waals surface area contributed by atoms with Crippen LogP contribution in [0.4, 0.5) is 0 Å². The first-order valence-electron chi connectivity index (χ1n) is 5.48. The second kappa shape index (κ2) is 6.91. The number of hydrazine groups is 1. The lowest BCUT2D eigenvalue weighted by Gasteiger charge is -2.06. The normalized spacial score (nSPS) is 9.76. The number of carbonyl (C=O) groups excluding carboxylic acids is 2. The number of amides is 2. The van der Waals surface area contributed by atoms with Crippen LogP contribution in [-0.4, -0.2) is 11.8 Å². The molecule has 92 valence electrons. The van der Waals surface area contributed by atoms with E-state index in [2.05, 4.69) is 10.9 Å². The predicted molar refractivity (Wildman–Crippen MR) is 66.6 cm³/mol. The van der Waals surface area contributed by atoms with E-state index < -0.39 is 0 Å². The lowest BCUT2D eigenvalue weighted by molar-refractivity contribution is -0.121. The average molecular weight is 255 g/mol. The Kier molecular flexibility index (Phi) is 5.49. The highest BCUT2D eigenvalue weighted by Gasteiger charge is 2.06. The Morgan fingerprint density at radius 3 is 2.41 bits per heavy atom. The van der Waals surface area contributed by atoms with Crippen molar-refractivity contribution in [1.29, 1.82) is 0 Å². The van der Waals surface area contributed by atoms with Crippen LogP contribution in [0.15, 0.2) is 24.3 Å². The van der Waals surface area contributed by atoms with Crippen LogP contribution in [0.25, 0.3) is 0 Å². The van der Waals surface area contributed by atoms with E-state index in [0.29, 0.717) is 17.0 Å². The molecule has 0 bridgehead atoms. The van der Waals surface area contributed by atoms with E-state index in [1.54, 1.807) is 24.3 Å². The van der Waals surface area contributed by atoms with E-state index in [9.17, 15) is 9.59 Å². The van der Waals surface area contributed by atoms with Crippen molar-refractivity contribution in [3.05, 3.63) is 34.9 Å². The molecule has 17 heavy (non-hydrogen) atoms. The zero-order valence-corrected chi connectivity index (χ0v) is 10.4. The van der Waals surface area contributed by atoms with Gasteiger partial charge in [0, 0.05) is 17.0 Å². The molecule has 0 heterocycles. The van der Waals surface area contributed by atoms with Crippen molar-refractivity contribution in [3.8, 4) is 0 Å². The molecule has 0 aromatic heterocycles. The van der Waals surface area contributed by atoms with Crippen molar-refractivity contribution in [1.82, 2.24) is 10.9 Å². The molecule has 0 aliphatic rings. The summed E-state index contributed by atoms with van der Waals surface area (Å²) in [4.78, 5) is 22.8. The molecule has 2 N–H and O–H groups in total. The number of rotatable bonds is 4. The quantitative estimate of drug-likeness (QED) is 0.810. The molecule has 0 spiro atoms. The number of unbranched alkanes of at least 4 members (excludes halogenated alkanes) is 1. The number of hydrogen-bond acceptors (Lipinski definition) is 2. The van der Waals surface area contributed by atoms with Gasteiger partial charge in [0.1, 0.15) is 0 Å². The van der Waals surface area contributed by atoms with Crippen LogP contribution in [0.5, 0.6) is 0 Å². The SMILES string of the molecule is CCCCC(=O)NNC(=O)c1ccc(Cl)cc1. The van der Waals surface area contributed by atoms with Gasteiger partial charge in [-0.25, -0.2) is 0 Å². The molecule has 4 nitrogen and oxygen atoms in total. The minimum absolute atomic E-state index is 0.186. The highest BCUT2D eigenvalue weighted by Crippen LogP contribution is 2.08. The van der Waals surface area contributed by atoms with Crippen LogP contribution < -0.4 is 10.9 Å². The van der Waals surface area contributed by atoms with Gasteiger partial charge in [-0.05, 0) is 30.7 Å². The van der Waals surface area contributed by atoms with Crippen LogP contribution >= 0.6 is 11.6 Å². The average Bonchev–Trinajstić information content (AvgIpc) is 2.34. The number of halogens is 1. The Hall–Kier alpha value is -1.55. The summed E-state index contributed by atoms with van der Waals surface area (Å²) in [5, 5.41) is 0.563. The van der Waals surface area contributed by atoms with Crippen molar-refractivity contribution < 1.29 is 9.59 Å². The molecule has 0 fully saturated rings. The third-order valence-electron chi connectivity index (χ3n) is 2.18. The fourth-order valence-corrected chi connectivity index (χ4v) is 1.33. The minimum atomic E-state index is -0.355. The fraction of sp³-hybridized carbons (Fsp3) is 0.333. The largest absolute Gasteiger partial charge is 0.273 e. The monoisotopic (exact) mass is 254 g/mol. The van der Waals surface area contributed by atoms with Gasteiger partial charge in [0.25, 0.3) is 5.91 Å². The molecule has 1 aromatic carbocycles. The molecule has 2 amide bonds. The molecule has 0 radical (unpaired) electrons. The first-order valence-corrected chi connectivity index (χ1v) is 5.86. The number of nitrogens with one attached hydrogen (secondary N) is 2. The Balaban J connectivity index is 2.39. The Bertz CT molecular complexity index is 390. The van der Waals surface area contributed by atoms with E-state index in [-0.39, 0.29) is 11.8 Å². The Morgan fingerprint density at radius 2 is 1.82 bits per heavy atom. The van der Waals surface area contributed by atoms with Crippen LogP contribution in [-0.2, 0) is 4.79 Å². The maximum Gasteiger partial charge on any atom is 0.269 e. The van der Waals surface area contributed by atoms with Crippen LogP contribution in [0.1, 0.15) is 36.5 Å². The van der Waals surface area contributed by atoms with E-state index in [1.165, 1.54) is 0 Å². The third-order valence-corrected chi connectivity index (χ3v) is 2.43. The van der Waals surface area contributed by atoms with Gasteiger partial charge in [0.2, 0.25) is 5.91 Å². The molecule has 0 saturated carbocycles. The minimum Gasteiger partial charge on any atom is -0.273 e. The maximum absolute atomic E-state index is 11.6. The molecule has 1 aromatic rings. The molecule has 0 saturated heterocycles. The Morgan fingerprint density at radius 1 is 1.18 bits per heavy atom. The number of carbonyl (C=O) groups is 2. The van der Waals surface area contributed by atoms with Gasteiger partial charge in [0.05, 0.1) is 0 Å². The summed E-state index contributed by atoms with van der Waals surface area (Å²) in [5.41, 5.74) is 5.15. The van der Waals surface area contributed by atoms with Gasteiger partial charge < -0.3 is 0 Å². The zero-order valence-electron chi connectivity index (χ0n) is 9.63. The lowest BCUT2D eigenvalue weighted by Crippen LogP contribution is -2.41. The van der Waals surface area contributed by atoms with E-state index in [1.807, 2.05) is 6.92 Å². The summed E-state index contributed by atoms with van der Waals surface area (Å²) >= 11 is 5.70. The van der Waals surface area contributed by atoms with Crippen molar-refractivity contribution in [2.24, 2.45) is 0 Å². The fourth-order valence-electron chi connectivity index (χ4n) is 1.20. The molecular formula is C12H15ClN2O2. The van der Waals surface area contributed by atoms with Gasteiger partial charge >= 0.3 is 0 Å².